The van der Waals surface area contributed by atoms with E-state index < -0.39 is 23.5 Å². The van der Waals surface area contributed by atoms with E-state index in [1.165, 1.54) is 13.0 Å². The zero-order chi connectivity index (χ0) is 18.7. The fourth-order valence-corrected chi connectivity index (χ4v) is 2.76. The van der Waals surface area contributed by atoms with Gasteiger partial charge in [-0.05, 0) is 48.4 Å². The fraction of sp³-hybridized carbons (Fsp3) is 0.0952. The maximum atomic E-state index is 13.3. The molecule has 0 unspecified atom stereocenters. The van der Waals surface area contributed by atoms with Gasteiger partial charge < -0.3 is 4.74 Å². The molecule has 3 aromatic carbocycles. The number of ether oxygens (including phenoxy) is 1. The zero-order valence-corrected chi connectivity index (χ0v) is 14.6. The Morgan fingerprint density at radius 2 is 1.65 bits per heavy atom. The Balaban J connectivity index is 1.77. The number of hydrogen-bond donors (Lipinski definition) is 0. The smallest absolute Gasteiger partial charge is 0.203 e. The van der Waals surface area contributed by atoms with Crippen LogP contribution in [0.15, 0.2) is 66.7 Å². The van der Waals surface area contributed by atoms with E-state index in [0.29, 0.717) is 10.8 Å². The van der Waals surface area contributed by atoms with Crippen LogP contribution in [0.5, 0.6) is 5.75 Å². The lowest BCUT2D eigenvalue weighted by molar-refractivity contribution is 0.0818. The predicted octanol–water partition coefficient (Wildman–Crippen LogP) is 5.94. The van der Waals surface area contributed by atoms with Crippen molar-refractivity contribution in [3.8, 4) is 16.9 Å². The molecule has 0 N–H and O–H groups in total. The van der Waals surface area contributed by atoms with Crippen LogP contribution in [-0.2, 0) is 0 Å². The van der Waals surface area contributed by atoms with Crippen LogP contribution in [0.3, 0.4) is 0 Å². The Hall–Kier alpha value is -2.72. The van der Waals surface area contributed by atoms with Crippen LogP contribution in [0.25, 0.3) is 11.1 Å². The molecule has 0 aliphatic rings. The summed E-state index contributed by atoms with van der Waals surface area (Å²) in [7, 11) is 0. The molecule has 0 aromatic heterocycles. The van der Waals surface area contributed by atoms with Crippen molar-refractivity contribution < 1.29 is 18.3 Å². The Kier molecular flexibility index (Phi) is 5.33. The van der Waals surface area contributed by atoms with Crippen LogP contribution < -0.4 is 4.74 Å². The van der Waals surface area contributed by atoms with Gasteiger partial charge in [-0.25, -0.2) is 8.78 Å². The van der Waals surface area contributed by atoms with Crippen molar-refractivity contribution in [1.29, 1.82) is 0 Å². The molecular weight excluding hydrogens is 358 g/mol. The third kappa shape index (κ3) is 3.92. The summed E-state index contributed by atoms with van der Waals surface area (Å²) in [5.41, 5.74) is 1.96. The summed E-state index contributed by atoms with van der Waals surface area (Å²) < 4.78 is 31.9. The van der Waals surface area contributed by atoms with Crippen LogP contribution in [0.4, 0.5) is 8.78 Å². The molecule has 0 amide bonds. The van der Waals surface area contributed by atoms with Gasteiger partial charge in [-0.1, -0.05) is 48.0 Å². The highest BCUT2D eigenvalue weighted by atomic mass is 35.5. The first kappa shape index (κ1) is 18.1. The van der Waals surface area contributed by atoms with Gasteiger partial charge in [0, 0.05) is 5.56 Å². The van der Waals surface area contributed by atoms with Gasteiger partial charge in [0.2, 0.25) is 5.78 Å². The molecule has 2 nitrogen and oxygen atoms in total. The van der Waals surface area contributed by atoms with Gasteiger partial charge in [-0.15, -0.1) is 0 Å². The number of Topliss-reactive ketones (excluding diaryl/α,β-unsaturated/α-hetero) is 1. The van der Waals surface area contributed by atoms with Crippen molar-refractivity contribution >= 4 is 17.4 Å². The predicted molar refractivity (Wildman–Crippen MR) is 97.7 cm³/mol. The summed E-state index contributed by atoms with van der Waals surface area (Å²) in [5, 5.41) is 0.358. The fourth-order valence-electron chi connectivity index (χ4n) is 2.53. The first-order chi connectivity index (χ1) is 12.5. The molecule has 0 aliphatic carbocycles. The number of hydrogen-bond acceptors (Lipinski definition) is 2. The summed E-state index contributed by atoms with van der Waals surface area (Å²) in [6.45, 7) is 1.53. The third-order valence-electron chi connectivity index (χ3n) is 3.92. The molecule has 1 atom stereocenters. The minimum absolute atomic E-state index is 0.0356. The van der Waals surface area contributed by atoms with Crippen molar-refractivity contribution in [2.24, 2.45) is 0 Å². The lowest BCUT2D eigenvalue weighted by Crippen LogP contribution is -2.24. The first-order valence-electron chi connectivity index (χ1n) is 7.96. The van der Waals surface area contributed by atoms with Gasteiger partial charge in [0.25, 0.3) is 0 Å². The van der Waals surface area contributed by atoms with Crippen LogP contribution in [0.2, 0.25) is 5.02 Å². The molecule has 0 fully saturated rings. The topological polar surface area (TPSA) is 26.3 Å². The summed E-state index contributed by atoms with van der Waals surface area (Å²) in [5.74, 6) is -2.20. The number of halogens is 3. The Labute approximate surface area is 155 Å². The van der Waals surface area contributed by atoms with Gasteiger partial charge in [0.15, 0.2) is 17.7 Å². The van der Waals surface area contributed by atoms with E-state index in [4.69, 9.17) is 16.3 Å². The molecule has 132 valence electrons. The molecule has 0 bridgehead atoms. The van der Waals surface area contributed by atoms with Crippen LogP contribution in [-0.4, -0.2) is 11.9 Å². The van der Waals surface area contributed by atoms with Gasteiger partial charge >= 0.3 is 0 Å². The van der Waals surface area contributed by atoms with Gasteiger partial charge in [0.1, 0.15) is 5.75 Å². The molecule has 3 rings (SSSR count). The maximum Gasteiger partial charge on any atom is 0.203 e. The second-order valence-corrected chi connectivity index (χ2v) is 6.17. The van der Waals surface area contributed by atoms with E-state index in [-0.39, 0.29) is 5.56 Å². The summed E-state index contributed by atoms with van der Waals surface area (Å²) in [6.07, 6.45) is -0.903. The number of benzene rings is 3. The third-order valence-corrected chi connectivity index (χ3v) is 4.21. The van der Waals surface area contributed by atoms with E-state index in [1.807, 2.05) is 36.4 Å². The highest BCUT2D eigenvalue weighted by Crippen LogP contribution is 2.31. The van der Waals surface area contributed by atoms with Crippen molar-refractivity contribution in [2.75, 3.05) is 0 Å². The Morgan fingerprint density at radius 3 is 2.31 bits per heavy atom. The summed E-state index contributed by atoms with van der Waals surface area (Å²) >= 11 is 6.27. The zero-order valence-electron chi connectivity index (χ0n) is 13.9. The SMILES string of the molecule is C[C@@H](Oc1ccc(-c2ccccc2)cc1Cl)C(=O)c1ccc(F)c(F)c1. The average Bonchev–Trinajstić information content (AvgIpc) is 2.65. The molecule has 0 radical (unpaired) electrons. The number of rotatable bonds is 5. The summed E-state index contributed by atoms with van der Waals surface area (Å²) in [4.78, 5) is 12.4. The lowest BCUT2D eigenvalue weighted by atomic mass is 10.1. The number of carbonyl (C=O) groups is 1. The maximum absolute atomic E-state index is 13.3. The monoisotopic (exact) mass is 372 g/mol. The largest absolute Gasteiger partial charge is 0.481 e. The minimum atomic E-state index is -1.08. The lowest BCUT2D eigenvalue weighted by Gasteiger charge is -2.15. The number of ketones is 1. The number of carbonyl (C=O) groups excluding carboxylic acids is 1. The van der Waals surface area contributed by atoms with E-state index in [9.17, 15) is 13.6 Å². The molecule has 0 saturated heterocycles. The second-order valence-electron chi connectivity index (χ2n) is 5.76. The van der Waals surface area contributed by atoms with Crippen LogP contribution in [0, 0.1) is 11.6 Å². The van der Waals surface area contributed by atoms with Gasteiger partial charge in [-0.2, -0.15) is 0 Å². The minimum Gasteiger partial charge on any atom is -0.481 e. The molecule has 0 heterocycles. The highest BCUT2D eigenvalue weighted by Gasteiger charge is 2.19. The van der Waals surface area contributed by atoms with E-state index in [1.54, 1.807) is 12.1 Å². The Morgan fingerprint density at radius 1 is 0.923 bits per heavy atom. The van der Waals surface area contributed by atoms with Crippen molar-refractivity contribution in [1.82, 2.24) is 0 Å². The van der Waals surface area contributed by atoms with Crippen molar-refractivity contribution in [3.63, 3.8) is 0 Å². The molecule has 26 heavy (non-hydrogen) atoms. The standard InChI is InChI=1S/C21H15ClF2O2/c1-13(21(25)16-7-9-18(23)19(24)12-16)26-20-10-8-15(11-17(20)22)14-5-3-2-4-6-14/h2-13H,1H3/t13-/m1/s1. The quantitative estimate of drug-likeness (QED) is 0.518. The molecular formula is C21H15ClF2O2. The van der Waals surface area contributed by atoms with Gasteiger partial charge in [0.05, 0.1) is 5.02 Å². The molecule has 0 saturated carbocycles. The van der Waals surface area contributed by atoms with E-state index >= 15 is 0 Å². The van der Waals surface area contributed by atoms with Crippen LogP contribution >= 0.6 is 11.6 Å². The van der Waals surface area contributed by atoms with E-state index in [2.05, 4.69) is 0 Å². The molecule has 5 heteroatoms. The van der Waals surface area contributed by atoms with Gasteiger partial charge in [-0.3, -0.25) is 4.79 Å². The summed E-state index contributed by atoms with van der Waals surface area (Å²) in [6, 6.07) is 18.0. The van der Waals surface area contributed by atoms with Crippen molar-refractivity contribution in [3.05, 3.63) is 89.0 Å². The van der Waals surface area contributed by atoms with Crippen LogP contribution in [0.1, 0.15) is 17.3 Å². The van der Waals surface area contributed by atoms with Crippen molar-refractivity contribution in [2.45, 2.75) is 13.0 Å². The molecule has 0 spiro atoms. The molecule has 0 aliphatic heterocycles. The van der Waals surface area contributed by atoms with E-state index in [0.717, 1.165) is 23.3 Å². The molecule has 3 aromatic rings. The second kappa shape index (κ2) is 7.67. The first-order valence-corrected chi connectivity index (χ1v) is 8.34. The normalized spacial score (nSPS) is 11.8. The average molecular weight is 373 g/mol. The Bertz CT molecular complexity index is 942. The highest BCUT2D eigenvalue weighted by molar-refractivity contribution is 6.32.